The van der Waals surface area contributed by atoms with Crippen LogP contribution in [0.2, 0.25) is 0 Å². The molecular weight excluding hydrogens is 190 g/mol. The fourth-order valence-corrected chi connectivity index (χ4v) is 1.59. The van der Waals surface area contributed by atoms with Crippen molar-refractivity contribution in [3.8, 4) is 5.69 Å². The number of hydrogen-bond donors (Lipinski definition) is 2. The molecule has 4 N–H and O–H groups in total. The molecule has 2 rings (SSSR count). The Morgan fingerprint density at radius 1 is 1.27 bits per heavy atom. The third kappa shape index (κ3) is 1.52. The van der Waals surface area contributed by atoms with E-state index in [9.17, 15) is 0 Å². The standard InChI is InChI=1S/C10H13N5/c1-2-14-9(11)13-10(12)15(14)8-6-4-3-5-7-8/h3-7H,2H2,1H3,(H3,11,12,13)/p+1. The molecule has 1 heterocycles. The van der Waals surface area contributed by atoms with Crippen molar-refractivity contribution in [3.05, 3.63) is 30.3 Å². The highest BCUT2D eigenvalue weighted by Gasteiger charge is 2.18. The van der Waals surface area contributed by atoms with Gasteiger partial charge in [0.15, 0.2) is 0 Å². The van der Waals surface area contributed by atoms with Gasteiger partial charge in [-0.2, -0.15) is 9.36 Å². The number of nitrogens with zero attached hydrogens (tertiary/aromatic N) is 3. The van der Waals surface area contributed by atoms with E-state index in [2.05, 4.69) is 4.98 Å². The van der Waals surface area contributed by atoms with Gasteiger partial charge >= 0.3 is 11.9 Å². The first-order valence-corrected chi connectivity index (χ1v) is 4.83. The van der Waals surface area contributed by atoms with Crippen LogP contribution in [0.25, 0.3) is 5.69 Å². The molecule has 0 aliphatic rings. The first-order chi connectivity index (χ1) is 7.24. The molecule has 5 heteroatoms. The molecule has 0 fully saturated rings. The summed E-state index contributed by atoms with van der Waals surface area (Å²) < 4.78 is 3.62. The summed E-state index contributed by atoms with van der Waals surface area (Å²) in [5.41, 5.74) is 12.5. The van der Waals surface area contributed by atoms with Crippen molar-refractivity contribution in [1.29, 1.82) is 0 Å². The number of anilines is 2. The predicted molar refractivity (Wildman–Crippen MR) is 58.3 cm³/mol. The summed E-state index contributed by atoms with van der Waals surface area (Å²) >= 11 is 0. The molecule has 15 heavy (non-hydrogen) atoms. The van der Waals surface area contributed by atoms with Crippen LogP contribution < -0.4 is 16.1 Å². The second-order valence-corrected chi connectivity index (χ2v) is 3.19. The lowest BCUT2D eigenvalue weighted by atomic mass is 10.3. The number of aromatic nitrogens is 3. The third-order valence-electron chi connectivity index (χ3n) is 2.25. The molecule has 0 amide bonds. The molecule has 0 bridgehead atoms. The summed E-state index contributed by atoms with van der Waals surface area (Å²) in [5.74, 6) is 0.833. The molecule has 0 aliphatic carbocycles. The largest absolute Gasteiger partial charge is 0.411 e. The molecule has 5 nitrogen and oxygen atoms in total. The molecule has 0 atom stereocenters. The van der Waals surface area contributed by atoms with Gasteiger partial charge in [-0.3, -0.25) is 5.73 Å². The normalized spacial score (nSPS) is 10.5. The predicted octanol–water partition coefficient (Wildman–Crippen LogP) is 0.344. The van der Waals surface area contributed by atoms with E-state index in [1.807, 2.05) is 41.9 Å². The second-order valence-electron chi connectivity index (χ2n) is 3.19. The van der Waals surface area contributed by atoms with Crippen molar-refractivity contribution >= 4 is 11.9 Å². The first kappa shape index (κ1) is 9.51. The summed E-state index contributed by atoms with van der Waals surface area (Å²) in [7, 11) is 0. The van der Waals surface area contributed by atoms with Gasteiger partial charge in [-0.1, -0.05) is 18.2 Å². The average Bonchev–Trinajstić information content (AvgIpc) is 2.54. The molecule has 2 aromatic rings. The molecule has 1 aromatic heterocycles. The van der Waals surface area contributed by atoms with E-state index in [1.165, 1.54) is 0 Å². The molecule has 1 aromatic carbocycles. The monoisotopic (exact) mass is 204 g/mol. The topological polar surface area (TPSA) is 73.7 Å². The third-order valence-corrected chi connectivity index (χ3v) is 2.25. The summed E-state index contributed by atoms with van der Waals surface area (Å²) in [6.45, 7) is 2.72. The van der Waals surface area contributed by atoms with Crippen molar-refractivity contribution in [2.45, 2.75) is 13.5 Å². The highest BCUT2D eigenvalue weighted by Crippen LogP contribution is 2.09. The zero-order valence-electron chi connectivity index (χ0n) is 8.59. The zero-order chi connectivity index (χ0) is 10.8. The summed E-state index contributed by atoms with van der Waals surface area (Å²) in [4.78, 5) is 4.04. The van der Waals surface area contributed by atoms with Crippen LogP contribution in [0.4, 0.5) is 11.9 Å². The molecule has 78 valence electrons. The molecule has 0 saturated heterocycles. The molecule has 0 aliphatic heterocycles. The van der Waals surface area contributed by atoms with Gasteiger partial charge in [0.1, 0.15) is 0 Å². The Morgan fingerprint density at radius 3 is 2.53 bits per heavy atom. The molecule has 0 spiro atoms. The quantitative estimate of drug-likeness (QED) is 0.693. The average molecular weight is 204 g/mol. The van der Waals surface area contributed by atoms with Crippen LogP contribution in [0.1, 0.15) is 6.92 Å². The zero-order valence-corrected chi connectivity index (χ0v) is 8.59. The van der Waals surface area contributed by atoms with E-state index >= 15 is 0 Å². The Labute approximate surface area is 87.9 Å². The number of nitrogen functional groups attached to an aromatic ring is 2. The lowest BCUT2D eigenvalue weighted by Crippen LogP contribution is -2.43. The maximum atomic E-state index is 5.80. The van der Waals surface area contributed by atoms with Crippen molar-refractivity contribution in [2.75, 3.05) is 11.5 Å². The highest BCUT2D eigenvalue weighted by atomic mass is 15.5. The maximum absolute atomic E-state index is 5.80. The number of rotatable bonds is 2. The smallest absolute Gasteiger partial charge is 0.353 e. The Kier molecular flexibility index (Phi) is 2.29. The van der Waals surface area contributed by atoms with Crippen LogP contribution in [0.5, 0.6) is 0 Å². The number of benzene rings is 1. The van der Waals surface area contributed by atoms with E-state index in [1.54, 1.807) is 4.68 Å². The Hall–Kier alpha value is -2.04. The minimum atomic E-state index is 0.403. The van der Waals surface area contributed by atoms with Crippen LogP contribution in [0, 0.1) is 0 Å². The highest BCUT2D eigenvalue weighted by molar-refractivity contribution is 5.37. The lowest BCUT2D eigenvalue weighted by Gasteiger charge is -2.05. The van der Waals surface area contributed by atoms with Gasteiger partial charge in [0.05, 0.1) is 12.2 Å². The van der Waals surface area contributed by atoms with Gasteiger partial charge in [0.25, 0.3) is 0 Å². The Balaban J connectivity index is 2.62. The fourth-order valence-electron chi connectivity index (χ4n) is 1.59. The minimum absolute atomic E-state index is 0.403. The molecule has 0 saturated carbocycles. The van der Waals surface area contributed by atoms with Crippen molar-refractivity contribution in [1.82, 2.24) is 9.67 Å². The van der Waals surface area contributed by atoms with Gasteiger partial charge in [-0.15, -0.1) is 0 Å². The van der Waals surface area contributed by atoms with Crippen LogP contribution >= 0.6 is 0 Å². The minimum Gasteiger partial charge on any atom is -0.353 e. The Bertz CT molecular complexity index is 460. The molecular formula is C10H14N5+. The van der Waals surface area contributed by atoms with E-state index in [-0.39, 0.29) is 0 Å². The summed E-state index contributed by atoms with van der Waals surface area (Å²) in [6.07, 6.45) is 0. The SMILES string of the molecule is CC[n+]1c(N)nc(N)n1-c1ccccc1. The summed E-state index contributed by atoms with van der Waals surface area (Å²) in [5, 5.41) is 0. The lowest BCUT2D eigenvalue weighted by molar-refractivity contribution is -0.750. The summed E-state index contributed by atoms with van der Waals surface area (Å²) in [6, 6.07) is 9.78. The molecule has 0 unspecified atom stereocenters. The number of para-hydroxylation sites is 1. The number of hydrogen-bond acceptors (Lipinski definition) is 3. The Morgan fingerprint density at radius 2 is 1.93 bits per heavy atom. The maximum Gasteiger partial charge on any atom is 0.411 e. The second kappa shape index (κ2) is 3.61. The van der Waals surface area contributed by atoms with E-state index in [0.29, 0.717) is 11.9 Å². The van der Waals surface area contributed by atoms with Gasteiger partial charge < -0.3 is 5.73 Å². The number of nitrogens with two attached hydrogens (primary N) is 2. The van der Waals surface area contributed by atoms with Gasteiger partial charge in [-0.05, 0) is 24.0 Å². The van der Waals surface area contributed by atoms with Gasteiger partial charge in [-0.25, -0.2) is 0 Å². The van der Waals surface area contributed by atoms with Crippen molar-refractivity contribution in [2.24, 2.45) is 0 Å². The van der Waals surface area contributed by atoms with Crippen LogP contribution in [-0.4, -0.2) is 9.67 Å². The van der Waals surface area contributed by atoms with Crippen molar-refractivity contribution in [3.63, 3.8) is 0 Å². The molecule has 0 radical (unpaired) electrons. The van der Waals surface area contributed by atoms with E-state index < -0.39 is 0 Å². The van der Waals surface area contributed by atoms with Crippen LogP contribution in [0.3, 0.4) is 0 Å². The van der Waals surface area contributed by atoms with Crippen molar-refractivity contribution < 1.29 is 4.68 Å². The van der Waals surface area contributed by atoms with E-state index in [4.69, 9.17) is 11.5 Å². The van der Waals surface area contributed by atoms with Gasteiger partial charge in [0, 0.05) is 0 Å². The first-order valence-electron chi connectivity index (χ1n) is 4.83. The van der Waals surface area contributed by atoms with E-state index in [0.717, 1.165) is 12.2 Å². The fraction of sp³-hybridized carbons (Fsp3) is 0.200. The van der Waals surface area contributed by atoms with Gasteiger partial charge in [0.2, 0.25) is 0 Å². The van der Waals surface area contributed by atoms with Crippen LogP contribution in [-0.2, 0) is 6.54 Å². The van der Waals surface area contributed by atoms with Crippen LogP contribution in [0.15, 0.2) is 30.3 Å².